The van der Waals surface area contributed by atoms with Gasteiger partial charge in [0.25, 0.3) is 10.2 Å². The summed E-state index contributed by atoms with van der Waals surface area (Å²) in [6, 6.07) is 14.4. The van der Waals surface area contributed by atoms with Crippen molar-refractivity contribution in [1.29, 1.82) is 0 Å². The quantitative estimate of drug-likeness (QED) is 0.290. The van der Waals surface area contributed by atoms with E-state index in [0.717, 1.165) is 58.1 Å². The van der Waals surface area contributed by atoms with Gasteiger partial charge in [0.05, 0.1) is 5.52 Å². The molecule has 0 saturated carbocycles. The highest BCUT2D eigenvalue weighted by molar-refractivity contribution is 7.87. The number of anilines is 2. The minimum atomic E-state index is -3.69. The van der Waals surface area contributed by atoms with Crippen molar-refractivity contribution in [3.8, 4) is 22.6 Å². The molecule has 2 aliphatic rings. The molecule has 2 aromatic carbocycles. The van der Waals surface area contributed by atoms with E-state index in [2.05, 4.69) is 55.2 Å². The molecule has 4 aromatic rings. The second-order valence-electron chi connectivity index (χ2n) is 9.09. The molecule has 2 aliphatic heterocycles. The van der Waals surface area contributed by atoms with Gasteiger partial charge in [-0.15, -0.1) is 0 Å². The Balaban J connectivity index is 1.24. The summed E-state index contributed by atoms with van der Waals surface area (Å²) in [5, 5.41) is 8.11. The van der Waals surface area contributed by atoms with Crippen LogP contribution in [0.15, 0.2) is 55.0 Å². The number of hydrogen-bond acceptors (Lipinski definition) is 9. The van der Waals surface area contributed by atoms with Crippen LogP contribution in [0.5, 0.6) is 11.5 Å². The Labute approximate surface area is 220 Å². The van der Waals surface area contributed by atoms with Crippen LogP contribution >= 0.6 is 0 Å². The molecule has 0 fully saturated rings. The Hall–Kier alpha value is -3.84. The van der Waals surface area contributed by atoms with Crippen LogP contribution in [0.1, 0.15) is 11.1 Å². The minimum Gasteiger partial charge on any atom is -0.486 e. The van der Waals surface area contributed by atoms with Gasteiger partial charge in [-0.25, -0.2) is 19.8 Å². The van der Waals surface area contributed by atoms with E-state index in [9.17, 15) is 8.42 Å². The Kier molecular flexibility index (Phi) is 6.54. The first-order valence-electron chi connectivity index (χ1n) is 12.3. The predicted molar refractivity (Wildman–Crippen MR) is 144 cm³/mol. The molecule has 0 amide bonds. The zero-order valence-electron chi connectivity index (χ0n) is 20.6. The number of rotatable bonds is 8. The molecule has 12 heteroatoms. The normalized spacial score (nSPS) is 14.6. The standard InChI is InChI=1S/C26H27N7O4S/c27-38(34,35)32-8-7-28-14-17-12-21-25(29-15-17)26(31-16-30-21)33-9-6-20-19(2-1-3-22(20)33)18-4-5-23-24(13-18)37-11-10-36-23/h1-5,12-13,15-16,28,32H,6-11,14H2,(H2,27,34,35). The summed E-state index contributed by atoms with van der Waals surface area (Å²) in [6.07, 6.45) is 4.23. The van der Waals surface area contributed by atoms with E-state index in [1.54, 1.807) is 12.5 Å². The molecule has 11 nitrogen and oxygen atoms in total. The van der Waals surface area contributed by atoms with Crippen molar-refractivity contribution in [3.05, 3.63) is 66.1 Å². The Morgan fingerprint density at radius 2 is 1.87 bits per heavy atom. The number of fused-ring (bicyclic) bond motifs is 3. The lowest BCUT2D eigenvalue weighted by atomic mass is 9.97. The number of nitrogens with zero attached hydrogens (tertiary/aromatic N) is 4. The lowest BCUT2D eigenvalue weighted by molar-refractivity contribution is 0.171. The molecule has 2 aromatic heterocycles. The summed E-state index contributed by atoms with van der Waals surface area (Å²) < 4.78 is 35.7. The first-order valence-corrected chi connectivity index (χ1v) is 13.9. The SMILES string of the molecule is NS(=O)(=O)NCCNCc1cnc2c(N3CCc4c(-c5ccc6c(c5)OCCO6)cccc43)ncnc2c1. The van der Waals surface area contributed by atoms with Gasteiger partial charge in [0.2, 0.25) is 0 Å². The van der Waals surface area contributed by atoms with Crippen LogP contribution in [-0.4, -0.2) is 56.2 Å². The number of pyridine rings is 1. The van der Waals surface area contributed by atoms with Gasteiger partial charge in [0.15, 0.2) is 17.3 Å². The van der Waals surface area contributed by atoms with Gasteiger partial charge >= 0.3 is 0 Å². The van der Waals surface area contributed by atoms with Gasteiger partial charge in [-0.3, -0.25) is 4.98 Å². The van der Waals surface area contributed by atoms with Crippen molar-refractivity contribution in [3.63, 3.8) is 0 Å². The fourth-order valence-electron chi connectivity index (χ4n) is 4.92. The maximum Gasteiger partial charge on any atom is 0.274 e. The highest BCUT2D eigenvalue weighted by Crippen LogP contribution is 2.42. The summed E-state index contributed by atoms with van der Waals surface area (Å²) in [7, 11) is -3.69. The second kappa shape index (κ2) is 10.1. The van der Waals surface area contributed by atoms with Crippen LogP contribution in [0.25, 0.3) is 22.2 Å². The number of ether oxygens (including phenoxy) is 2. The van der Waals surface area contributed by atoms with Crippen LogP contribution in [0.2, 0.25) is 0 Å². The van der Waals surface area contributed by atoms with Crippen LogP contribution in [0, 0.1) is 0 Å². The van der Waals surface area contributed by atoms with Crippen molar-refractivity contribution in [1.82, 2.24) is 25.0 Å². The van der Waals surface area contributed by atoms with Gasteiger partial charge in [-0.1, -0.05) is 18.2 Å². The molecule has 0 bridgehead atoms. The van der Waals surface area contributed by atoms with Crippen molar-refractivity contribution < 1.29 is 17.9 Å². The number of nitrogens with one attached hydrogen (secondary N) is 2. The lowest BCUT2D eigenvalue weighted by Crippen LogP contribution is -2.36. The summed E-state index contributed by atoms with van der Waals surface area (Å²) in [5.41, 5.74) is 7.02. The van der Waals surface area contributed by atoms with Gasteiger partial charge < -0.3 is 19.7 Å². The monoisotopic (exact) mass is 533 g/mol. The van der Waals surface area contributed by atoms with Crippen LogP contribution in [-0.2, 0) is 23.2 Å². The smallest absolute Gasteiger partial charge is 0.274 e. The van der Waals surface area contributed by atoms with E-state index in [-0.39, 0.29) is 6.54 Å². The summed E-state index contributed by atoms with van der Waals surface area (Å²) in [6.45, 7) is 3.05. The Morgan fingerprint density at radius 1 is 1.00 bits per heavy atom. The predicted octanol–water partition coefficient (Wildman–Crippen LogP) is 2.04. The molecule has 6 rings (SSSR count). The third kappa shape index (κ3) is 4.98. The van der Waals surface area contributed by atoms with Gasteiger partial charge in [0.1, 0.15) is 25.1 Å². The third-order valence-electron chi connectivity index (χ3n) is 6.58. The summed E-state index contributed by atoms with van der Waals surface area (Å²) in [4.78, 5) is 16.0. The van der Waals surface area contributed by atoms with Gasteiger partial charge in [0, 0.05) is 38.1 Å². The van der Waals surface area contributed by atoms with E-state index in [1.165, 1.54) is 11.1 Å². The molecule has 0 aliphatic carbocycles. The van der Waals surface area contributed by atoms with Crippen molar-refractivity contribution >= 4 is 32.7 Å². The maximum atomic E-state index is 11.0. The maximum absolute atomic E-state index is 11.0. The summed E-state index contributed by atoms with van der Waals surface area (Å²) in [5.74, 6) is 2.32. The van der Waals surface area contributed by atoms with E-state index in [0.29, 0.717) is 26.3 Å². The zero-order valence-corrected chi connectivity index (χ0v) is 21.4. The molecule has 0 atom stereocenters. The highest BCUT2D eigenvalue weighted by Gasteiger charge is 2.26. The number of hydrogen-bond donors (Lipinski definition) is 3. The van der Waals surface area contributed by atoms with Crippen LogP contribution in [0.3, 0.4) is 0 Å². The average molecular weight is 534 g/mol. The number of benzene rings is 2. The van der Waals surface area contributed by atoms with Crippen molar-refractivity contribution in [2.75, 3.05) is 37.7 Å². The minimum absolute atomic E-state index is 0.203. The topological polar surface area (TPSA) is 145 Å². The first-order chi connectivity index (χ1) is 18.5. The molecule has 4 heterocycles. The molecule has 0 radical (unpaired) electrons. The number of aromatic nitrogens is 3. The Morgan fingerprint density at radius 3 is 2.74 bits per heavy atom. The average Bonchev–Trinajstić information content (AvgIpc) is 3.36. The molecular weight excluding hydrogens is 506 g/mol. The first kappa shape index (κ1) is 24.5. The molecule has 0 saturated heterocycles. The third-order valence-corrected chi connectivity index (χ3v) is 7.19. The van der Waals surface area contributed by atoms with E-state index in [4.69, 9.17) is 19.6 Å². The fourth-order valence-corrected chi connectivity index (χ4v) is 5.30. The molecule has 38 heavy (non-hydrogen) atoms. The molecule has 4 N–H and O–H groups in total. The largest absolute Gasteiger partial charge is 0.486 e. The van der Waals surface area contributed by atoms with E-state index in [1.807, 2.05) is 12.1 Å². The molecule has 0 unspecified atom stereocenters. The molecule has 0 spiro atoms. The van der Waals surface area contributed by atoms with E-state index < -0.39 is 10.2 Å². The number of nitrogens with two attached hydrogens (primary N) is 1. The Bertz CT molecular complexity index is 1610. The summed E-state index contributed by atoms with van der Waals surface area (Å²) >= 11 is 0. The van der Waals surface area contributed by atoms with Crippen molar-refractivity contribution in [2.45, 2.75) is 13.0 Å². The lowest BCUT2D eigenvalue weighted by Gasteiger charge is -2.21. The molecular formula is C26H27N7O4S. The van der Waals surface area contributed by atoms with Crippen LogP contribution in [0.4, 0.5) is 11.5 Å². The fraction of sp³-hybridized carbons (Fsp3) is 0.269. The zero-order chi connectivity index (χ0) is 26.1. The van der Waals surface area contributed by atoms with Crippen LogP contribution < -0.4 is 29.6 Å². The highest BCUT2D eigenvalue weighted by atomic mass is 32.2. The van der Waals surface area contributed by atoms with E-state index >= 15 is 0 Å². The molecule has 196 valence electrons. The van der Waals surface area contributed by atoms with Gasteiger partial charge in [-0.05, 0) is 52.9 Å². The van der Waals surface area contributed by atoms with Gasteiger partial charge in [-0.2, -0.15) is 8.42 Å². The second-order valence-corrected chi connectivity index (χ2v) is 10.5. The van der Waals surface area contributed by atoms with Crippen molar-refractivity contribution in [2.24, 2.45) is 5.14 Å².